The second kappa shape index (κ2) is 4.94. The molecule has 2 aromatic carbocycles. The van der Waals surface area contributed by atoms with Crippen LogP contribution >= 0.6 is 11.8 Å². The van der Waals surface area contributed by atoms with Gasteiger partial charge in [0.15, 0.2) is 0 Å². The van der Waals surface area contributed by atoms with Crippen molar-refractivity contribution in [2.75, 3.05) is 0 Å². The zero-order valence-corrected chi connectivity index (χ0v) is 10.2. The first-order chi connectivity index (χ1) is 8.20. The Morgan fingerprint density at radius 3 is 2.59 bits per heavy atom. The van der Waals surface area contributed by atoms with Crippen LogP contribution in [-0.4, -0.2) is 5.11 Å². The summed E-state index contributed by atoms with van der Waals surface area (Å²) >= 11 is 1.49. The molecule has 0 saturated carbocycles. The number of aromatic hydroxyl groups is 1. The number of nitrogens with zero attached hydrogens (tertiary/aromatic N) is 1. The van der Waals surface area contributed by atoms with Crippen LogP contribution in [-0.2, 0) is 0 Å². The maximum atomic E-state index is 9.67. The Hall–Kier alpha value is -1.92. The van der Waals surface area contributed by atoms with Gasteiger partial charge in [-0.15, -0.1) is 0 Å². The van der Waals surface area contributed by atoms with Crippen LogP contribution in [0.2, 0.25) is 0 Å². The van der Waals surface area contributed by atoms with Crippen LogP contribution in [0.15, 0.2) is 52.3 Å². The van der Waals surface area contributed by atoms with Gasteiger partial charge in [0.25, 0.3) is 0 Å². The van der Waals surface area contributed by atoms with E-state index in [1.54, 1.807) is 18.2 Å². The number of nitriles is 1. The molecule has 2 nitrogen and oxygen atoms in total. The molecule has 0 aromatic heterocycles. The van der Waals surface area contributed by atoms with Gasteiger partial charge in [0.2, 0.25) is 0 Å². The summed E-state index contributed by atoms with van der Waals surface area (Å²) in [4.78, 5) is 1.83. The van der Waals surface area contributed by atoms with Crippen LogP contribution in [0, 0.1) is 18.3 Å². The number of hydrogen-bond acceptors (Lipinski definition) is 3. The van der Waals surface area contributed by atoms with Gasteiger partial charge in [-0.3, -0.25) is 0 Å². The molecule has 0 aliphatic heterocycles. The van der Waals surface area contributed by atoms with Crippen molar-refractivity contribution in [2.24, 2.45) is 0 Å². The van der Waals surface area contributed by atoms with E-state index >= 15 is 0 Å². The normalized spacial score (nSPS) is 9.88. The van der Waals surface area contributed by atoms with E-state index in [4.69, 9.17) is 5.26 Å². The van der Waals surface area contributed by atoms with E-state index in [2.05, 4.69) is 6.07 Å². The lowest BCUT2D eigenvalue weighted by Crippen LogP contribution is -1.82. The predicted molar refractivity (Wildman–Crippen MR) is 68.1 cm³/mol. The third-order valence-corrected chi connectivity index (χ3v) is 3.47. The Labute approximate surface area is 105 Å². The lowest BCUT2D eigenvalue weighted by atomic mass is 10.1. The Morgan fingerprint density at radius 2 is 1.94 bits per heavy atom. The van der Waals surface area contributed by atoms with Gasteiger partial charge in [-0.25, -0.2) is 0 Å². The second-order valence-corrected chi connectivity index (χ2v) is 4.77. The van der Waals surface area contributed by atoms with Gasteiger partial charge >= 0.3 is 0 Å². The van der Waals surface area contributed by atoms with Gasteiger partial charge in [-0.05, 0) is 42.8 Å². The third kappa shape index (κ3) is 2.61. The summed E-state index contributed by atoms with van der Waals surface area (Å²) in [6.45, 7) is 1.91. The lowest BCUT2D eigenvalue weighted by molar-refractivity contribution is 0.462. The lowest BCUT2D eigenvalue weighted by Gasteiger charge is -2.05. The first-order valence-electron chi connectivity index (χ1n) is 5.17. The minimum absolute atomic E-state index is 0.277. The number of phenolic OH excluding ortho intramolecular Hbond substituents is 1. The molecule has 0 aliphatic carbocycles. The topological polar surface area (TPSA) is 44.0 Å². The molecule has 0 aliphatic rings. The number of hydrogen-bond donors (Lipinski definition) is 1. The van der Waals surface area contributed by atoms with E-state index < -0.39 is 0 Å². The molecule has 0 saturated heterocycles. The molecular weight excluding hydrogens is 230 g/mol. The van der Waals surface area contributed by atoms with E-state index in [0.717, 1.165) is 15.4 Å². The van der Waals surface area contributed by atoms with Crippen molar-refractivity contribution in [2.45, 2.75) is 16.7 Å². The number of aryl methyl sites for hydroxylation is 1. The SMILES string of the molecule is Cc1cc(Sc2ccccc2O)ccc1C#N. The molecule has 2 rings (SSSR count). The molecule has 0 amide bonds. The van der Waals surface area contributed by atoms with Crippen molar-refractivity contribution >= 4 is 11.8 Å². The van der Waals surface area contributed by atoms with E-state index in [9.17, 15) is 5.11 Å². The molecule has 3 heteroatoms. The molecular formula is C14H11NOS. The van der Waals surface area contributed by atoms with Crippen LogP contribution in [0.5, 0.6) is 5.75 Å². The summed E-state index contributed by atoms with van der Waals surface area (Å²) in [6.07, 6.45) is 0. The highest BCUT2D eigenvalue weighted by Gasteiger charge is 2.04. The van der Waals surface area contributed by atoms with Crippen LogP contribution < -0.4 is 0 Å². The number of para-hydroxylation sites is 1. The highest BCUT2D eigenvalue weighted by Crippen LogP contribution is 2.34. The van der Waals surface area contributed by atoms with E-state index in [-0.39, 0.29) is 5.75 Å². The first kappa shape index (κ1) is 11.6. The summed E-state index contributed by atoms with van der Waals surface area (Å²) in [7, 11) is 0. The fraction of sp³-hybridized carbons (Fsp3) is 0.0714. The minimum Gasteiger partial charge on any atom is -0.507 e. The summed E-state index contributed by atoms with van der Waals surface area (Å²) in [5.74, 6) is 0.277. The van der Waals surface area contributed by atoms with Crippen molar-refractivity contribution in [1.82, 2.24) is 0 Å². The molecule has 0 spiro atoms. The molecule has 0 fully saturated rings. The molecule has 2 aromatic rings. The third-order valence-electron chi connectivity index (χ3n) is 2.41. The van der Waals surface area contributed by atoms with Crippen LogP contribution in [0.3, 0.4) is 0 Å². The van der Waals surface area contributed by atoms with Crippen molar-refractivity contribution < 1.29 is 5.11 Å². The maximum absolute atomic E-state index is 9.67. The van der Waals surface area contributed by atoms with Crippen molar-refractivity contribution in [3.05, 3.63) is 53.6 Å². The molecule has 1 N–H and O–H groups in total. The summed E-state index contributed by atoms with van der Waals surface area (Å²) in [6, 6.07) is 15.0. The van der Waals surface area contributed by atoms with Crippen LogP contribution in [0.25, 0.3) is 0 Å². The number of phenols is 1. The smallest absolute Gasteiger partial charge is 0.129 e. The van der Waals surface area contributed by atoms with Crippen LogP contribution in [0.1, 0.15) is 11.1 Å². The minimum atomic E-state index is 0.277. The highest BCUT2D eigenvalue weighted by atomic mass is 32.2. The van der Waals surface area contributed by atoms with E-state index in [1.807, 2.05) is 31.2 Å². The van der Waals surface area contributed by atoms with Crippen molar-refractivity contribution in [3.8, 4) is 11.8 Å². The summed E-state index contributed by atoms with van der Waals surface area (Å²) in [5, 5.41) is 18.5. The molecule has 0 atom stereocenters. The molecule has 0 heterocycles. The zero-order chi connectivity index (χ0) is 12.3. The number of rotatable bonds is 2. The largest absolute Gasteiger partial charge is 0.507 e. The Morgan fingerprint density at radius 1 is 1.18 bits per heavy atom. The molecule has 17 heavy (non-hydrogen) atoms. The Balaban J connectivity index is 2.29. The van der Waals surface area contributed by atoms with Gasteiger partial charge in [-0.2, -0.15) is 5.26 Å². The van der Waals surface area contributed by atoms with Gasteiger partial charge in [-0.1, -0.05) is 23.9 Å². The van der Waals surface area contributed by atoms with Gasteiger partial charge in [0, 0.05) is 4.90 Å². The average Bonchev–Trinajstić information content (AvgIpc) is 2.32. The second-order valence-electron chi connectivity index (χ2n) is 3.66. The zero-order valence-electron chi connectivity index (χ0n) is 9.34. The standard InChI is InChI=1S/C14H11NOS/c1-10-8-12(7-6-11(10)9-15)17-14-5-3-2-4-13(14)16/h2-8,16H,1H3. The highest BCUT2D eigenvalue weighted by molar-refractivity contribution is 7.99. The fourth-order valence-electron chi connectivity index (χ4n) is 1.50. The monoisotopic (exact) mass is 241 g/mol. The Bertz CT molecular complexity index is 587. The van der Waals surface area contributed by atoms with Crippen molar-refractivity contribution in [3.63, 3.8) is 0 Å². The predicted octanol–water partition coefficient (Wildman–Crippen LogP) is 3.72. The number of benzene rings is 2. The van der Waals surface area contributed by atoms with E-state index in [0.29, 0.717) is 5.56 Å². The van der Waals surface area contributed by atoms with Crippen molar-refractivity contribution in [1.29, 1.82) is 5.26 Å². The summed E-state index contributed by atoms with van der Waals surface area (Å²) < 4.78 is 0. The fourth-order valence-corrected chi connectivity index (χ4v) is 2.44. The van der Waals surface area contributed by atoms with E-state index in [1.165, 1.54) is 11.8 Å². The first-order valence-corrected chi connectivity index (χ1v) is 5.99. The van der Waals surface area contributed by atoms with Gasteiger partial charge < -0.3 is 5.11 Å². The molecule has 0 unspecified atom stereocenters. The molecule has 0 bridgehead atoms. The molecule has 0 radical (unpaired) electrons. The molecule has 84 valence electrons. The van der Waals surface area contributed by atoms with Gasteiger partial charge in [0.1, 0.15) is 5.75 Å². The van der Waals surface area contributed by atoms with Gasteiger partial charge in [0.05, 0.1) is 16.5 Å². The average molecular weight is 241 g/mol. The van der Waals surface area contributed by atoms with Crippen LogP contribution in [0.4, 0.5) is 0 Å². The quantitative estimate of drug-likeness (QED) is 0.871. The summed E-state index contributed by atoms with van der Waals surface area (Å²) in [5.41, 5.74) is 1.64. The maximum Gasteiger partial charge on any atom is 0.129 e. The Kier molecular flexibility index (Phi) is 3.36.